The van der Waals surface area contributed by atoms with E-state index in [1.165, 1.54) is 0 Å². The summed E-state index contributed by atoms with van der Waals surface area (Å²) in [6.07, 6.45) is 1.85. The Morgan fingerprint density at radius 1 is 1.03 bits per heavy atom. The van der Waals surface area contributed by atoms with Crippen molar-refractivity contribution in [3.8, 4) is 11.8 Å². The van der Waals surface area contributed by atoms with Crippen LogP contribution in [0.15, 0.2) is 69.6 Å². The van der Waals surface area contributed by atoms with Gasteiger partial charge in [0.05, 0.1) is 20.6 Å². The highest BCUT2D eigenvalue weighted by Gasteiger charge is 2.23. The minimum atomic E-state index is -0.119. The summed E-state index contributed by atoms with van der Waals surface area (Å²) in [5.74, 6) is 0.517. The summed E-state index contributed by atoms with van der Waals surface area (Å²) < 4.78 is 7.45. The number of rotatable bonds is 4. The number of anilines is 1. The molecule has 142 valence electrons. The molecule has 6 heteroatoms. The molecule has 0 saturated carbocycles. The minimum absolute atomic E-state index is 0.119. The fraction of sp³-hybridized carbons (Fsp3) is 0.0435. The second-order valence-corrected chi connectivity index (χ2v) is 8.14. The number of para-hydroxylation sites is 1. The Kier molecular flexibility index (Phi) is 5.52. The fourth-order valence-electron chi connectivity index (χ4n) is 3.15. The molecule has 0 fully saturated rings. The van der Waals surface area contributed by atoms with Crippen LogP contribution in [0.1, 0.15) is 22.3 Å². The number of carbonyl (C=O) groups is 1. The smallest absolute Gasteiger partial charge is 0.256 e. The summed E-state index contributed by atoms with van der Waals surface area (Å²) in [4.78, 5) is 12.3. The highest BCUT2D eigenvalue weighted by atomic mass is 79.9. The van der Waals surface area contributed by atoms with Crippen LogP contribution >= 0.6 is 31.9 Å². The van der Waals surface area contributed by atoms with Gasteiger partial charge in [-0.3, -0.25) is 4.79 Å². The fourth-order valence-corrected chi connectivity index (χ4v) is 4.61. The van der Waals surface area contributed by atoms with Crippen molar-refractivity contribution in [2.24, 2.45) is 0 Å². The van der Waals surface area contributed by atoms with Crippen LogP contribution in [0.4, 0.5) is 5.69 Å². The highest BCUT2D eigenvalue weighted by molar-refractivity contribution is 9.11. The van der Waals surface area contributed by atoms with E-state index in [0.717, 1.165) is 31.3 Å². The average molecular weight is 510 g/mol. The van der Waals surface area contributed by atoms with Crippen molar-refractivity contribution >= 4 is 55.1 Å². The molecule has 0 aliphatic carbocycles. The Morgan fingerprint density at radius 3 is 2.48 bits per heavy atom. The number of hydrogen-bond acceptors (Lipinski definition) is 3. The molecule has 1 heterocycles. The predicted octanol–water partition coefficient (Wildman–Crippen LogP) is 6.15. The number of nitriles is 1. The van der Waals surface area contributed by atoms with Crippen LogP contribution in [-0.2, 0) is 11.4 Å². The van der Waals surface area contributed by atoms with Crippen molar-refractivity contribution in [2.45, 2.75) is 6.61 Å². The lowest BCUT2D eigenvalue weighted by atomic mass is 10.0. The number of hydrogen-bond donors (Lipinski definition) is 1. The molecule has 0 aromatic heterocycles. The van der Waals surface area contributed by atoms with Gasteiger partial charge in [-0.1, -0.05) is 36.4 Å². The van der Waals surface area contributed by atoms with Crippen molar-refractivity contribution in [3.05, 3.63) is 91.9 Å². The molecule has 0 unspecified atom stereocenters. The number of amides is 1. The first kappa shape index (κ1) is 19.4. The van der Waals surface area contributed by atoms with Gasteiger partial charge in [0, 0.05) is 22.4 Å². The van der Waals surface area contributed by atoms with Crippen LogP contribution in [0, 0.1) is 11.3 Å². The lowest BCUT2D eigenvalue weighted by Gasteiger charge is -2.12. The van der Waals surface area contributed by atoms with E-state index in [1.54, 1.807) is 6.07 Å². The molecular weight excluding hydrogens is 496 g/mol. The first-order valence-corrected chi connectivity index (χ1v) is 10.4. The molecule has 29 heavy (non-hydrogen) atoms. The number of carbonyl (C=O) groups excluding carboxylic acids is 1. The third kappa shape index (κ3) is 3.98. The Hall–Kier alpha value is -2.88. The average Bonchev–Trinajstić information content (AvgIpc) is 3.03. The zero-order valence-corrected chi connectivity index (χ0v) is 18.2. The number of ether oxygens (including phenoxy) is 1. The van der Waals surface area contributed by atoms with Crippen molar-refractivity contribution in [1.29, 1.82) is 5.26 Å². The summed E-state index contributed by atoms with van der Waals surface area (Å²) in [7, 11) is 0. The van der Waals surface area contributed by atoms with E-state index >= 15 is 0 Å². The van der Waals surface area contributed by atoms with Crippen LogP contribution in [0.5, 0.6) is 5.75 Å². The van der Waals surface area contributed by atoms with E-state index in [0.29, 0.717) is 16.9 Å². The van der Waals surface area contributed by atoms with Crippen LogP contribution < -0.4 is 10.1 Å². The van der Waals surface area contributed by atoms with Gasteiger partial charge in [0.2, 0.25) is 0 Å². The zero-order valence-electron chi connectivity index (χ0n) is 15.1. The summed E-state index contributed by atoms with van der Waals surface area (Å²) >= 11 is 7.11. The van der Waals surface area contributed by atoms with Gasteiger partial charge in [-0.15, -0.1) is 0 Å². The second-order valence-electron chi connectivity index (χ2n) is 6.43. The van der Waals surface area contributed by atoms with Gasteiger partial charge in [0.25, 0.3) is 5.91 Å². The minimum Gasteiger partial charge on any atom is -0.486 e. The number of benzene rings is 3. The molecule has 3 aromatic carbocycles. The first-order chi connectivity index (χ1) is 14.1. The Bertz CT molecular complexity index is 1170. The quantitative estimate of drug-likeness (QED) is 0.428. The van der Waals surface area contributed by atoms with E-state index < -0.39 is 0 Å². The van der Waals surface area contributed by atoms with Crippen molar-refractivity contribution in [2.75, 3.05) is 5.32 Å². The molecule has 0 saturated heterocycles. The van der Waals surface area contributed by atoms with Gasteiger partial charge in [0.1, 0.15) is 12.4 Å². The SMILES string of the molecule is N#Cc1ccccc1COc1c(Br)cc(/C=C2\C(=O)Nc3ccccc32)cc1Br. The maximum absolute atomic E-state index is 12.3. The van der Waals surface area contributed by atoms with Gasteiger partial charge >= 0.3 is 0 Å². The Morgan fingerprint density at radius 2 is 1.72 bits per heavy atom. The molecule has 1 N–H and O–H groups in total. The van der Waals surface area contributed by atoms with E-state index in [4.69, 9.17) is 4.74 Å². The van der Waals surface area contributed by atoms with E-state index in [1.807, 2.05) is 60.7 Å². The number of nitrogens with zero attached hydrogens (tertiary/aromatic N) is 1. The highest BCUT2D eigenvalue weighted by Crippen LogP contribution is 2.38. The molecule has 3 aromatic rings. The monoisotopic (exact) mass is 508 g/mol. The van der Waals surface area contributed by atoms with Gasteiger partial charge in [0.15, 0.2) is 0 Å². The molecular formula is C23H14Br2N2O2. The maximum Gasteiger partial charge on any atom is 0.256 e. The van der Waals surface area contributed by atoms with Gasteiger partial charge in [-0.25, -0.2) is 0 Å². The molecule has 4 rings (SSSR count). The number of fused-ring (bicyclic) bond motifs is 1. The van der Waals surface area contributed by atoms with Crippen molar-refractivity contribution < 1.29 is 9.53 Å². The van der Waals surface area contributed by atoms with E-state index in [-0.39, 0.29) is 12.5 Å². The van der Waals surface area contributed by atoms with Crippen LogP contribution in [0.3, 0.4) is 0 Å². The number of halogens is 2. The Balaban J connectivity index is 1.61. The van der Waals surface area contributed by atoms with Crippen molar-refractivity contribution in [3.63, 3.8) is 0 Å². The predicted molar refractivity (Wildman–Crippen MR) is 120 cm³/mol. The van der Waals surface area contributed by atoms with E-state index in [9.17, 15) is 10.1 Å². The molecule has 0 bridgehead atoms. The van der Waals surface area contributed by atoms with Gasteiger partial charge < -0.3 is 10.1 Å². The molecule has 1 aliphatic heterocycles. The summed E-state index contributed by atoms with van der Waals surface area (Å²) in [6.45, 7) is 0.275. The lowest BCUT2D eigenvalue weighted by Crippen LogP contribution is -2.03. The largest absolute Gasteiger partial charge is 0.486 e. The van der Waals surface area contributed by atoms with Crippen LogP contribution in [-0.4, -0.2) is 5.91 Å². The normalized spacial score (nSPS) is 13.7. The van der Waals surface area contributed by atoms with Crippen LogP contribution in [0.25, 0.3) is 11.6 Å². The molecule has 1 aliphatic rings. The molecule has 0 atom stereocenters. The zero-order chi connectivity index (χ0) is 20.4. The number of nitrogens with one attached hydrogen (secondary N) is 1. The molecule has 0 radical (unpaired) electrons. The van der Waals surface area contributed by atoms with Gasteiger partial charge in [-0.05, 0) is 67.8 Å². The third-order valence-electron chi connectivity index (χ3n) is 4.55. The summed E-state index contributed by atoms with van der Waals surface area (Å²) in [6, 6.07) is 20.9. The molecule has 1 amide bonds. The maximum atomic E-state index is 12.3. The van der Waals surface area contributed by atoms with E-state index in [2.05, 4.69) is 43.2 Å². The van der Waals surface area contributed by atoms with Crippen LogP contribution in [0.2, 0.25) is 0 Å². The van der Waals surface area contributed by atoms with Gasteiger partial charge in [-0.2, -0.15) is 5.26 Å². The Labute approximate surface area is 185 Å². The third-order valence-corrected chi connectivity index (χ3v) is 5.73. The topological polar surface area (TPSA) is 62.1 Å². The molecule has 4 nitrogen and oxygen atoms in total. The first-order valence-electron chi connectivity index (χ1n) is 8.79. The second kappa shape index (κ2) is 8.24. The summed E-state index contributed by atoms with van der Waals surface area (Å²) in [5.41, 5.74) is 4.59. The molecule has 0 spiro atoms. The summed E-state index contributed by atoms with van der Waals surface area (Å²) in [5, 5.41) is 12.1. The van der Waals surface area contributed by atoms with Crippen molar-refractivity contribution in [1.82, 2.24) is 0 Å². The lowest BCUT2D eigenvalue weighted by molar-refractivity contribution is -0.110. The standard InChI is InChI=1S/C23H14Br2N2O2/c24-19-10-14(9-18-17-7-3-4-8-21(17)27-23(18)28)11-20(25)22(19)29-13-16-6-2-1-5-15(16)12-26/h1-11H,13H2,(H,27,28)/b18-9-.